The Labute approximate surface area is 146 Å². The first-order chi connectivity index (χ1) is 11.1. The SMILES string of the molecule is O=C(O)C(S)c1nc(-c2ccccc2Br)c(-c2ccccc2)o1. The normalized spacial score (nSPS) is 12.1. The lowest BCUT2D eigenvalue weighted by atomic mass is 10.1. The van der Waals surface area contributed by atoms with Crippen LogP contribution in [0.3, 0.4) is 0 Å². The van der Waals surface area contributed by atoms with Crippen LogP contribution in [0.2, 0.25) is 0 Å². The Kier molecular flexibility index (Phi) is 4.54. The number of thiol groups is 1. The number of aliphatic carboxylic acids is 1. The van der Waals surface area contributed by atoms with E-state index < -0.39 is 11.2 Å². The minimum absolute atomic E-state index is 0.0606. The standard InChI is InChI=1S/C17H12BrNO3S/c18-12-9-5-4-8-11(12)13-14(10-6-2-1-3-7-10)22-16(19-13)15(23)17(20)21/h1-9,15,23H,(H,20,21). The predicted octanol–water partition coefficient (Wildman–Crippen LogP) is 4.83. The number of benzene rings is 2. The van der Waals surface area contributed by atoms with Gasteiger partial charge < -0.3 is 9.52 Å². The van der Waals surface area contributed by atoms with Crippen LogP contribution in [-0.2, 0) is 4.79 Å². The van der Waals surface area contributed by atoms with Crippen LogP contribution in [-0.4, -0.2) is 16.1 Å². The number of carboxylic acids is 1. The molecule has 4 nitrogen and oxygen atoms in total. The number of nitrogens with zero attached hydrogens (tertiary/aromatic N) is 1. The average Bonchev–Trinajstić information content (AvgIpc) is 3.00. The van der Waals surface area contributed by atoms with E-state index >= 15 is 0 Å². The molecule has 0 radical (unpaired) electrons. The van der Waals surface area contributed by atoms with Gasteiger partial charge in [0.2, 0.25) is 5.89 Å². The summed E-state index contributed by atoms with van der Waals surface area (Å²) in [5.74, 6) is -0.522. The largest absolute Gasteiger partial charge is 0.480 e. The molecule has 3 rings (SSSR count). The zero-order valence-electron chi connectivity index (χ0n) is 11.8. The summed E-state index contributed by atoms with van der Waals surface area (Å²) in [4.78, 5) is 15.6. The number of oxazole rings is 1. The minimum Gasteiger partial charge on any atom is -0.480 e. The first-order valence-electron chi connectivity index (χ1n) is 6.80. The summed E-state index contributed by atoms with van der Waals surface area (Å²) < 4.78 is 6.59. The molecule has 3 aromatic rings. The maximum absolute atomic E-state index is 11.2. The molecule has 0 spiro atoms. The summed E-state index contributed by atoms with van der Waals surface area (Å²) in [6, 6.07) is 17.0. The highest BCUT2D eigenvalue weighted by atomic mass is 79.9. The van der Waals surface area contributed by atoms with Gasteiger partial charge in [-0.25, -0.2) is 4.98 Å². The van der Waals surface area contributed by atoms with Crippen LogP contribution in [0.4, 0.5) is 0 Å². The zero-order chi connectivity index (χ0) is 16.4. The molecular weight excluding hydrogens is 378 g/mol. The van der Waals surface area contributed by atoms with E-state index in [9.17, 15) is 4.79 Å². The van der Waals surface area contributed by atoms with Crippen molar-refractivity contribution in [3.05, 3.63) is 65.0 Å². The van der Waals surface area contributed by atoms with Crippen molar-refractivity contribution in [1.29, 1.82) is 0 Å². The number of hydrogen-bond acceptors (Lipinski definition) is 4. The molecule has 1 unspecified atom stereocenters. The van der Waals surface area contributed by atoms with Gasteiger partial charge in [0.05, 0.1) is 0 Å². The Morgan fingerprint density at radius 2 is 1.78 bits per heavy atom. The molecule has 2 aromatic carbocycles. The van der Waals surface area contributed by atoms with Gasteiger partial charge in [0.25, 0.3) is 0 Å². The summed E-state index contributed by atoms with van der Waals surface area (Å²) in [5, 5.41) is 8.03. The van der Waals surface area contributed by atoms with Crippen LogP contribution >= 0.6 is 28.6 Å². The van der Waals surface area contributed by atoms with Gasteiger partial charge in [0, 0.05) is 15.6 Å². The molecule has 0 amide bonds. The monoisotopic (exact) mass is 389 g/mol. The Morgan fingerprint density at radius 1 is 1.13 bits per heavy atom. The second-order valence-electron chi connectivity index (χ2n) is 4.82. The molecule has 1 N–H and O–H groups in total. The Morgan fingerprint density at radius 3 is 2.43 bits per heavy atom. The molecule has 1 heterocycles. The van der Waals surface area contributed by atoms with Crippen LogP contribution in [0.15, 0.2) is 63.5 Å². The summed E-state index contributed by atoms with van der Waals surface area (Å²) >= 11 is 7.56. The summed E-state index contributed by atoms with van der Waals surface area (Å²) in [6.07, 6.45) is 0. The van der Waals surface area contributed by atoms with Crippen LogP contribution in [0.25, 0.3) is 22.6 Å². The summed E-state index contributed by atoms with van der Waals surface area (Å²) in [7, 11) is 0. The Balaban J connectivity index is 2.21. The quantitative estimate of drug-likeness (QED) is 0.627. The van der Waals surface area contributed by atoms with Crippen molar-refractivity contribution < 1.29 is 14.3 Å². The van der Waals surface area contributed by atoms with E-state index in [1.165, 1.54) is 0 Å². The second kappa shape index (κ2) is 6.60. The van der Waals surface area contributed by atoms with Crippen molar-refractivity contribution in [2.75, 3.05) is 0 Å². The first-order valence-corrected chi connectivity index (χ1v) is 8.11. The van der Waals surface area contributed by atoms with Gasteiger partial charge in [0.15, 0.2) is 11.0 Å². The van der Waals surface area contributed by atoms with E-state index in [-0.39, 0.29) is 5.89 Å². The van der Waals surface area contributed by atoms with E-state index in [4.69, 9.17) is 9.52 Å². The third kappa shape index (κ3) is 3.18. The van der Waals surface area contributed by atoms with E-state index in [1.807, 2.05) is 54.6 Å². The third-order valence-corrected chi connectivity index (χ3v) is 4.41. The van der Waals surface area contributed by atoms with E-state index in [1.54, 1.807) is 0 Å². The first kappa shape index (κ1) is 15.8. The molecule has 0 fully saturated rings. The lowest BCUT2D eigenvalue weighted by Gasteiger charge is -2.03. The third-order valence-electron chi connectivity index (χ3n) is 3.28. The predicted molar refractivity (Wildman–Crippen MR) is 94.4 cm³/mol. The highest BCUT2D eigenvalue weighted by Crippen LogP contribution is 2.38. The molecule has 0 aliphatic heterocycles. The van der Waals surface area contributed by atoms with Gasteiger partial charge in [-0.1, -0.05) is 64.5 Å². The van der Waals surface area contributed by atoms with Gasteiger partial charge in [-0.05, 0) is 6.07 Å². The number of rotatable bonds is 4. The molecule has 0 aliphatic rings. The van der Waals surface area contributed by atoms with Gasteiger partial charge in [0.1, 0.15) is 5.69 Å². The lowest BCUT2D eigenvalue weighted by molar-refractivity contribution is -0.136. The molecule has 116 valence electrons. The van der Waals surface area contributed by atoms with Crippen molar-refractivity contribution in [3.63, 3.8) is 0 Å². The van der Waals surface area contributed by atoms with Gasteiger partial charge in [-0.3, -0.25) is 4.79 Å². The topological polar surface area (TPSA) is 63.3 Å². The molecule has 1 aromatic heterocycles. The number of carboxylic acid groups (broad SMARTS) is 1. The summed E-state index contributed by atoms with van der Waals surface area (Å²) in [5.41, 5.74) is 2.23. The molecule has 1 atom stereocenters. The van der Waals surface area contributed by atoms with Crippen LogP contribution in [0, 0.1) is 0 Å². The molecule has 0 aliphatic carbocycles. The highest BCUT2D eigenvalue weighted by Gasteiger charge is 2.25. The number of aromatic nitrogens is 1. The lowest BCUT2D eigenvalue weighted by Crippen LogP contribution is -2.05. The van der Waals surface area contributed by atoms with E-state index in [0.717, 1.165) is 15.6 Å². The van der Waals surface area contributed by atoms with Crippen LogP contribution < -0.4 is 0 Å². The van der Waals surface area contributed by atoms with Crippen LogP contribution in [0.5, 0.6) is 0 Å². The fourth-order valence-corrected chi connectivity index (χ4v) is 2.76. The minimum atomic E-state index is -1.12. The molecular formula is C17H12BrNO3S. The molecule has 0 saturated carbocycles. The van der Waals surface area contributed by atoms with Crippen molar-refractivity contribution in [3.8, 4) is 22.6 Å². The molecule has 6 heteroatoms. The molecule has 23 heavy (non-hydrogen) atoms. The highest BCUT2D eigenvalue weighted by molar-refractivity contribution is 9.10. The van der Waals surface area contributed by atoms with Gasteiger partial charge >= 0.3 is 5.97 Å². The average molecular weight is 390 g/mol. The van der Waals surface area contributed by atoms with Crippen molar-refractivity contribution >= 4 is 34.5 Å². The smallest absolute Gasteiger partial charge is 0.325 e. The number of hydrogen-bond donors (Lipinski definition) is 2. The second-order valence-corrected chi connectivity index (χ2v) is 6.19. The Hall–Kier alpha value is -2.05. The zero-order valence-corrected chi connectivity index (χ0v) is 14.3. The fraction of sp³-hybridized carbons (Fsp3) is 0.0588. The van der Waals surface area contributed by atoms with Gasteiger partial charge in [-0.15, -0.1) is 0 Å². The molecule has 0 bridgehead atoms. The number of carbonyl (C=O) groups is 1. The Bertz CT molecular complexity index is 848. The maximum atomic E-state index is 11.2. The summed E-state index contributed by atoms with van der Waals surface area (Å²) in [6.45, 7) is 0. The van der Waals surface area contributed by atoms with E-state index in [0.29, 0.717) is 11.5 Å². The van der Waals surface area contributed by atoms with Crippen molar-refractivity contribution in [1.82, 2.24) is 4.98 Å². The molecule has 0 saturated heterocycles. The van der Waals surface area contributed by atoms with Gasteiger partial charge in [-0.2, -0.15) is 12.6 Å². The number of halogens is 1. The van der Waals surface area contributed by atoms with Crippen LogP contribution in [0.1, 0.15) is 11.1 Å². The maximum Gasteiger partial charge on any atom is 0.325 e. The van der Waals surface area contributed by atoms with E-state index in [2.05, 4.69) is 33.5 Å². The van der Waals surface area contributed by atoms with Crippen molar-refractivity contribution in [2.45, 2.75) is 5.25 Å². The van der Waals surface area contributed by atoms with Crippen molar-refractivity contribution in [2.24, 2.45) is 0 Å². The fourth-order valence-electron chi connectivity index (χ4n) is 2.18.